The van der Waals surface area contributed by atoms with Crippen molar-refractivity contribution in [2.45, 2.75) is 6.92 Å². The first kappa shape index (κ1) is 15.5. The van der Waals surface area contributed by atoms with Crippen molar-refractivity contribution in [1.29, 1.82) is 0 Å². The first-order chi connectivity index (χ1) is 9.02. The van der Waals surface area contributed by atoms with Crippen LogP contribution in [0.25, 0.3) is 0 Å². The first-order valence-corrected chi connectivity index (χ1v) is 6.89. The van der Waals surface area contributed by atoms with Crippen LogP contribution in [0, 0.1) is 11.7 Å². The lowest BCUT2D eigenvalue weighted by molar-refractivity contribution is -0.144. The number of ether oxygens (including phenoxy) is 1. The van der Waals surface area contributed by atoms with Gasteiger partial charge in [-0.2, -0.15) is 11.8 Å². The van der Waals surface area contributed by atoms with E-state index in [-0.39, 0.29) is 23.5 Å². The fourth-order valence-electron chi connectivity index (χ4n) is 1.36. The number of carbonyl (C=O) groups is 2. The van der Waals surface area contributed by atoms with E-state index in [1.165, 1.54) is 37.1 Å². The van der Waals surface area contributed by atoms with Crippen LogP contribution in [0.15, 0.2) is 24.3 Å². The minimum atomic E-state index is -0.398. The van der Waals surface area contributed by atoms with Crippen molar-refractivity contribution < 1.29 is 18.7 Å². The molecule has 19 heavy (non-hydrogen) atoms. The Hall–Kier alpha value is -1.56. The molecule has 1 N–H and O–H groups in total. The molecule has 1 atom stereocenters. The van der Waals surface area contributed by atoms with Crippen LogP contribution in [0.5, 0.6) is 0 Å². The highest BCUT2D eigenvalue weighted by Gasteiger charge is 2.13. The van der Waals surface area contributed by atoms with Crippen molar-refractivity contribution in [3.8, 4) is 0 Å². The fraction of sp³-hybridized carbons (Fsp3) is 0.385. The average Bonchev–Trinajstić information content (AvgIpc) is 2.37. The molecule has 0 aliphatic carbocycles. The smallest absolute Gasteiger partial charge is 0.309 e. The average molecular weight is 285 g/mol. The van der Waals surface area contributed by atoms with Crippen LogP contribution in [-0.2, 0) is 14.3 Å². The maximum Gasteiger partial charge on any atom is 0.309 e. The second-order valence-corrected chi connectivity index (χ2v) is 5.03. The minimum Gasteiger partial charge on any atom is -0.469 e. The third-order valence-corrected chi connectivity index (χ3v) is 3.51. The molecule has 104 valence electrons. The number of esters is 1. The van der Waals surface area contributed by atoms with E-state index in [1.807, 2.05) is 0 Å². The van der Waals surface area contributed by atoms with Crippen molar-refractivity contribution in [2.75, 3.05) is 23.9 Å². The molecule has 0 bridgehead atoms. The van der Waals surface area contributed by atoms with Gasteiger partial charge in [0.05, 0.1) is 18.8 Å². The highest BCUT2D eigenvalue weighted by atomic mass is 32.2. The maximum atomic E-state index is 12.9. The number of benzene rings is 1. The highest BCUT2D eigenvalue weighted by Crippen LogP contribution is 2.12. The summed E-state index contributed by atoms with van der Waals surface area (Å²) in [5.41, 5.74) is 0.423. The number of hydrogen-bond acceptors (Lipinski definition) is 4. The number of nitrogens with one attached hydrogen (secondary N) is 1. The normalized spacial score (nSPS) is 11.7. The molecular weight excluding hydrogens is 269 g/mol. The van der Waals surface area contributed by atoms with Gasteiger partial charge in [0.2, 0.25) is 5.91 Å². The van der Waals surface area contributed by atoms with Crippen LogP contribution < -0.4 is 5.32 Å². The molecule has 0 aromatic heterocycles. The van der Waals surface area contributed by atoms with E-state index in [1.54, 1.807) is 13.0 Å². The van der Waals surface area contributed by atoms with Gasteiger partial charge in [-0.3, -0.25) is 9.59 Å². The number of amides is 1. The summed E-state index contributed by atoms with van der Waals surface area (Å²) in [5, 5.41) is 2.58. The predicted octanol–water partition coefficient (Wildman–Crippen LogP) is 2.31. The number of hydrogen-bond donors (Lipinski definition) is 1. The molecule has 1 unspecified atom stereocenters. The predicted molar refractivity (Wildman–Crippen MR) is 73.5 cm³/mol. The zero-order chi connectivity index (χ0) is 14.3. The van der Waals surface area contributed by atoms with E-state index in [0.29, 0.717) is 11.4 Å². The summed E-state index contributed by atoms with van der Waals surface area (Å²) >= 11 is 1.33. The fourth-order valence-corrected chi connectivity index (χ4v) is 2.23. The molecular formula is C13H16FNO3S. The van der Waals surface area contributed by atoms with Crippen molar-refractivity contribution in [1.82, 2.24) is 0 Å². The molecule has 0 spiro atoms. The van der Waals surface area contributed by atoms with Crippen molar-refractivity contribution in [3.63, 3.8) is 0 Å². The third kappa shape index (κ3) is 5.74. The number of anilines is 1. The van der Waals surface area contributed by atoms with Crippen LogP contribution in [0.1, 0.15) is 6.92 Å². The molecule has 4 nitrogen and oxygen atoms in total. The molecule has 1 aromatic rings. The standard InChI is InChI=1S/C13H16FNO3S/c1-9(13(17)18-2)7-19-8-12(16)15-11-5-3-4-10(14)6-11/h3-6,9H,7-8H2,1-2H3,(H,15,16). The van der Waals surface area contributed by atoms with Gasteiger partial charge < -0.3 is 10.1 Å². The molecule has 0 aliphatic rings. The van der Waals surface area contributed by atoms with Crippen molar-refractivity contribution >= 4 is 29.3 Å². The number of rotatable bonds is 6. The summed E-state index contributed by atoms with van der Waals surface area (Å²) in [6.45, 7) is 1.74. The van der Waals surface area contributed by atoms with E-state index < -0.39 is 5.82 Å². The molecule has 1 amide bonds. The number of halogens is 1. The zero-order valence-electron chi connectivity index (χ0n) is 10.8. The molecule has 1 rings (SSSR count). The Morgan fingerprint density at radius 2 is 2.21 bits per heavy atom. The molecule has 0 heterocycles. The van der Waals surface area contributed by atoms with Crippen LogP contribution in [0.3, 0.4) is 0 Å². The summed E-state index contributed by atoms with van der Waals surface area (Å²) in [5.74, 6) is -0.464. The Morgan fingerprint density at radius 3 is 2.84 bits per heavy atom. The Morgan fingerprint density at radius 1 is 1.47 bits per heavy atom. The highest BCUT2D eigenvalue weighted by molar-refractivity contribution is 8.00. The minimum absolute atomic E-state index is 0.206. The Balaban J connectivity index is 2.30. The van der Waals surface area contributed by atoms with Gasteiger partial charge >= 0.3 is 5.97 Å². The van der Waals surface area contributed by atoms with Gasteiger partial charge in [0.15, 0.2) is 0 Å². The van der Waals surface area contributed by atoms with Gasteiger partial charge in [0.25, 0.3) is 0 Å². The van der Waals surface area contributed by atoms with Crippen molar-refractivity contribution in [2.24, 2.45) is 5.92 Å². The maximum absolute atomic E-state index is 12.9. The SMILES string of the molecule is COC(=O)C(C)CSCC(=O)Nc1cccc(F)c1. The molecule has 0 saturated carbocycles. The first-order valence-electron chi connectivity index (χ1n) is 5.74. The van der Waals surface area contributed by atoms with Crippen LogP contribution in [0.4, 0.5) is 10.1 Å². The van der Waals surface area contributed by atoms with E-state index in [2.05, 4.69) is 10.1 Å². The van der Waals surface area contributed by atoms with Crippen LogP contribution in [0.2, 0.25) is 0 Å². The lowest BCUT2D eigenvalue weighted by Gasteiger charge is -2.08. The lowest BCUT2D eigenvalue weighted by atomic mass is 10.2. The van der Waals surface area contributed by atoms with E-state index in [9.17, 15) is 14.0 Å². The van der Waals surface area contributed by atoms with Crippen LogP contribution in [-0.4, -0.2) is 30.5 Å². The molecule has 0 radical (unpaired) electrons. The summed E-state index contributed by atoms with van der Waals surface area (Å²) in [6, 6.07) is 5.70. The summed E-state index contributed by atoms with van der Waals surface area (Å²) in [7, 11) is 1.33. The topological polar surface area (TPSA) is 55.4 Å². The molecule has 0 aliphatic heterocycles. The quantitative estimate of drug-likeness (QED) is 0.815. The van der Waals surface area contributed by atoms with Gasteiger partial charge in [-0.15, -0.1) is 0 Å². The third-order valence-electron chi connectivity index (χ3n) is 2.31. The number of thioether (sulfide) groups is 1. The number of methoxy groups -OCH3 is 1. The van der Waals surface area contributed by atoms with Gasteiger partial charge in [0, 0.05) is 11.4 Å². The largest absolute Gasteiger partial charge is 0.469 e. The summed E-state index contributed by atoms with van der Waals surface area (Å²) in [6.07, 6.45) is 0. The molecule has 0 fully saturated rings. The van der Waals surface area contributed by atoms with Crippen LogP contribution >= 0.6 is 11.8 Å². The monoisotopic (exact) mass is 285 g/mol. The van der Waals surface area contributed by atoms with Gasteiger partial charge in [-0.1, -0.05) is 13.0 Å². The van der Waals surface area contributed by atoms with E-state index >= 15 is 0 Å². The van der Waals surface area contributed by atoms with Gasteiger partial charge in [0.1, 0.15) is 5.82 Å². The summed E-state index contributed by atoms with van der Waals surface area (Å²) in [4.78, 5) is 22.7. The lowest BCUT2D eigenvalue weighted by Crippen LogP contribution is -2.18. The molecule has 0 saturated heterocycles. The second kappa shape index (κ2) is 7.78. The Bertz CT molecular complexity index is 453. The Labute approximate surface area is 115 Å². The molecule has 6 heteroatoms. The Kier molecular flexibility index (Phi) is 6.35. The zero-order valence-corrected chi connectivity index (χ0v) is 11.6. The van der Waals surface area contributed by atoms with E-state index in [4.69, 9.17) is 0 Å². The van der Waals surface area contributed by atoms with Gasteiger partial charge in [-0.25, -0.2) is 4.39 Å². The molecule has 1 aromatic carbocycles. The second-order valence-electron chi connectivity index (χ2n) is 4.00. The number of carbonyl (C=O) groups excluding carboxylic acids is 2. The van der Waals surface area contributed by atoms with E-state index in [0.717, 1.165) is 0 Å². The summed E-state index contributed by atoms with van der Waals surface area (Å²) < 4.78 is 17.5. The van der Waals surface area contributed by atoms with Crippen molar-refractivity contribution in [3.05, 3.63) is 30.1 Å². The van der Waals surface area contributed by atoms with Gasteiger partial charge in [-0.05, 0) is 18.2 Å².